The molecule has 0 spiro atoms. The molecule has 2 amide bonds. The maximum atomic E-state index is 13.2. The summed E-state index contributed by atoms with van der Waals surface area (Å²) in [6, 6.07) is 6.27. The molecule has 192 valence electrons. The highest BCUT2D eigenvalue weighted by molar-refractivity contribution is 5.88. The van der Waals surface area contributed by atoms with E-state index in [2.05, 4.69) is 37.1 Å². The molecule has 34 heavy (non-hydrogen) atoms. The lowest BCUT2D eigenvalue weighted by atomic mass is 9.81. The van der Waals surface area contributed by atoms with Gasteiger partial charge in [0, 0.05) is 44.6 Å². The van der Waals surface area contributed by atoms with Crippen LogP contribution in [-0.4, -0.2) is 72.4 Å². The van der Waals surface area contributed by atoms with Crippen LogP contribution in [0, 0.1) is 5.41 Å². The highest BCUT2D eigenvalue weighted by Crippen LogP contribution is 2.33. The third kappa shape index (κ3) is 6.58. The standard InChI is InChI=1S/C26H39N3O3.2ClH/c1-4-24(30)29-13-6-5-7-23(29)25(31)28-15-11-26(2,12-16-28)19-32-22-9-8-20-10-14-27(3)18-21(20)17-22;;/h8-9,17,23H,4-7,10-16,18-19H2,1-3H3;2*1H. The van der Waals surface area contributed by atoms with E-state index < -0.39 is 0 Å². The van der Waals surface area contributed by atoms with Crippen LogP contribution in [0.5, 0.6) is 5.75 Å². The fourth-order valence-corrected chi connectivity index (χ4v) is 5.33. The second-order valence-corrected chi connectivity index (χ2v) is 10.3. The predicted octanol–water partition coefficient (Wildman–Crippen LogP) is 4.32. The van der Waals surface area contributed by atoms with E-state index in [1.54, 1.807) is 0 Å². The van der Waals surface area contributed by atoms with Gasteiger partial charge >= 0.3 is 0 Å². The van der Waals surface area contributed by atoms with Crippen molar-refractivity contribution in [1.82, 2.24) is 14.7 Å². The zero-order chi connectivity index (χ0) is 22.7. The van der Waals surface area contributed by atoms with Crippen molar-refractivity contribution < 1.29 is 14.3 Å². The van der Waals surface area contributed by atoms with Crippen LogP contribution in [0.2, 0.25) is 0 Å². The number of piperidine rings is 2. The zero-order valence-corrected chi connectivity index (χ0v) is 22.5. The second kappa shape index (κ2) is 12.5. The Bertz CT molecular complexity index is 843. The van der Waals surface area contributed by atoms with E-state index in [-0.39, 0.29) is 48.1 Å². The lowest BCUT2D eigenvalue weighted by molar-refractivity contribution is -0.149. The van der Waals surface area contributed by atoms with Crippen molar-refractivity contribution in [3.63, 3.8) is 0 Å². The number of hydrogen-bond donors (Lipinski definition) is 0. The first-order chi connectivity index (χ1) is 15.4. The number of halogens is 2. The van der Waals surface area contributed by atoms with Gasteiger partial charge < -0.3 is 19.4 Å². The Morgan fingerprint density at radius 2 is 1.79 bits per heavy atom. The van der Waals surface area contributed by atoms with Crippen LogP contribution in [0.3, 0.4) is 0 Å². The van der Waals surface area contributed by atoms with Crippen LogP contribution in [0.15, 0.2) is 18.2 Å². The molecule has 1 aromatic carbocycles. The summed E-state index contributed by atoms with van der Waals surface area (Å²) in [5.74, 6) is 1.21. The molecule has 6 nitrogen and oxygen atoms in total. The van der Waals surface area contributed by atoms with Gasteiger partial charge in [0.1, 0.15) is 11.8 Å². The fourth-order valence-electron chi connectivity index (χ4n) is 5.33. The maximum Gasteiger partial charge on any atom is 0.245 e. The molecule has 2 fully saturated rings. The first kappa shape index (κ1) is 28.7. The van der Waals surface area contributed by atoms with Crippen molar-refractivity contribution in [2.24, 2.45) is 5.41 Å². The number of likely N-dealkylation sites (N-methyl/N-ethyl adjacent to an activating group) is 1. The van der Waals surface area contributed by atoms with Crippen molar-refractivity contribution in [3.05, 3.63) is 29.3 Å². The topological polar surface area (TPSA) is 53.1 Å². The van der Waals surface area contributed by atoms with Gasteiger partial charge in [-0.25, -0.2) is 0 Å². The summed E-state index contributed by atoms with van der Waals surface area (Å²) in [6.45, 7) is 9.15. The molecular formula is C26H41Cl2N3O3. The Hall–Kier alpha value is -1.50. The molecule has 1 aromatic rings. The molecule has 0 saturated carbocycles. The number of fused-ring (bicyclic) bond motifs is 1. The second-order valence-electron chi connectivity index (χ2n) is 10.3. The predicted molar refractivity (Wildman–Crippen MR) is 140 cm³/mol. The summed E-state index contributed by atoms with van der Waals surface area (Å²) < 4.78 is 6.25. The van der Waals surface area contributed by atoms with Crippen LogP contribution in [0.4, 0.5) is 0 Å². The SMILES string of the molecule is CCC(=O)N1CCCCC1C(=O)N1CCC(C)(COc2ccc3c(c2)CN(C)CC3)CC1.Cl.Cl. The average Bonchev–Trinajstić information content (AvgIpc) is 2.82. The van der Waals surface area contributed by atoms with Gasteiger partial charge in [-0.15, -0.1) is 24.8 Å². The molecule has 0 bridgehead atoms. The maximum absolute atomic E-state index is 13.2. The third-order valence-electron chi connectivity index (χ3n) is 7.66. The van der Waals surface area contributed by atoms with E-state index in [0.717, 1.165) is 77.0 Å². The van der Waals surface area contributed by atoms with Crippen molar-refractivity contribution in [1.29, 1.82) is 0 Å². The van der Waals surface area contributed by atoms with Crippen LogP contribution < -0.4 is 4.74 Å². The number of benzene rings is 1. The Balaban J connectivity index is 0.00000204. The summed E-state index contributed by atoms with van der Waals surface area (Å²) in [6.07, 6.45) is 6.27. The highest BCUT2D eigenvalue weighted by Gasteiger charge is 2.38. The van der Waals surface area contributed by atoms with Crippen molar-refractivity contribution in [2.75, 3.05) is 39.8 Å². The number of ether oxygens (including phenoxy) is 1. The van der Waals surface area contributed by atoms with Gasteiger partial charge in [0.25, 0.3) is 0 Å². The number of carbonyl (C=O) groups excluding carboxylic acids is 2. The van der Waals surface area contributed by atoms with Crippen molar-refractivity contribution >= 4 is 36.6 Å². The van der Waals surface area contributed by atoms with Crippen molar-refractivity contribution in [3.8, 4) is 5.75 Å². The number of likely N-dealkylation sites (tertiary alicyclic amines) is 2. The minimum atomic E-state index is -0.259. The third-order valence-corrected chi connectivity index (χ3v) is 7.66. The van der Waals surface area contributed by atoms with E-state index in [0.29, 0.717) is 13.0 Å². The van der Waals surface area contributed by atoms with Crippen LogP contribution in [0.1, 0.15) is 63.5 Å². The van der Waals surface area contributed by atoms with E-state index >= 15 is 0 Å². The molecule has 0 aromatic heterocycles. The summed E-state index contributed by atoms with van der Waals surface area (Å²) in [5, 5.41) is 0. The molecule has 3 aliphatic rings. The highest BCUT2D eigenvalue weighted by atomic mass is 35.5. The monoisotopic (exact) mass is 513 g/mol. The molecule has 1 unspecified atom stereocenters. The quantitative estimate of drug-likeness (QED) is 0.588. The normalized spacial score (nSPS) is 22.1. The van der Waals surface area contributed by atoms with Gasteiger partial charge in [-0.05, 0) is 68.8 Å². The van der Waals surface area contributed by atoms with E-state index in [1.165, 1.54) is 11.1 Å². The first-order valence-electron chi connectivity index (χ1n) is 12.4. The van der Waals surface area contributed by atoms with Gasteiger partial charge in [-0.1, -0.05) is 19.9 Å². The summed E-state index contributed by atoms with van der Waals surface area (Å²) in [7, 11) is 2.16. The molecule has 3 aliphatic heterocycles. The number of rotatable bonds is 5. The lowest BCUT2D eigenvalue weighted by Crippen LogP contribution is -2.55. The molecule has 0 aliphatic carbocycles. The smallest absolute Gasteiger partial charge is 0.245 e. The largest absolute Gasteiger partial charge is 0.493 e. The minimum absolute atomic E-state index is 0. The Labute approximate surface area is 217 Å². The first-order valence-corrected chi connectivity index (χ1v) is 12.4. The van der Waals surface area contributed by atoms with Crippen LogP contribution in [0.25, 0.3) is 0 Å². The molecule has 0 radical (unpaired) electrons. The molecule has 4 rings (SSSR count). The zero-order valence-electron chi connectivity index (χ0n) is 20.9. The lowest BCUT2D eigenvalue weighted by Gasteiger charge is -2.43. The van der Waals surface area contributed by atoms with Gasteiger partial charge in [-0.3, -0.25) is 9.59 Å². The number of nitrogens with zero attached hydrogens (tertiary/aromatic N) is 3. The van der Waals surface area contributed by atoms with Crippen molar-refractivity contribution in [2.45, 2.75) is 71.4 Å². The molecular weight excluding hydrogens is 473 g/mol. The molecule has 2 saturated heterocycles. The summed E-state index contributed by atoms with van der Waals surface area (Å²) >= 11 is 0. The van der Waals surface area contributed by atoms with Gasteiger partial charge in [0.15, 0.2) is 0 Å². The Kier molecular flexibility index (Phi) is 10.5. The average molecular weight is 515 g/mol. The number of carbonyl (C=O) groups is 2. The van der Waals surface area contributed by atoms with Crippen LogP contribution >= 0.6 is 24.8 Å². The van der Waals surface area contributed by atoms with Gasteiger partial charge in [-0.2, -0.15) is 0 Å². The van der Waals surface area contributed by atoms with E-state index in [1.807, 2.05) is 16.7 Å². The Morgan fingerprint density at radius 1 is 1.06 bits per heavy atom. The number of hydrogen-bond acceptors (Lipinski definition) is 4. The van der Waals surface area contributed by atoms with Gasteiger partial charge in [0.2, 0.25) is 11.8 Å². The number of amides is 2. The molecule has 1 atom stereocenters. The van der Waals surface area contributed by atoms with E-state index in [9.17, 15) is 9.59 Å². The van der Waals surface area contributed by atoms with Crippen LogP contribution in [-0.2, 0) is 22.6 Å². The minimum Gasteiger partial charge on any atom is -0.493 e. The molecule has 0 N–H and O–H groups in total. The Morgan fingerprint density at radius 3 is 2.50 bits per heavy atom. The summed E-state index contributed by atoms with van der Waals surface area (Å²) in [4.78, 5) is 31.7. The van der Waals surface area contributed by atoms with Gasteiger partial charge in [0.05, 0.1) is 6.61 Å². The fraction of sp³-hybridized carbons (Fsp3) is 0.692. The van der Waals surface area contributed by atoms with E-state index in [4.69, 9.17) is 4.74 Å². The molecule has 3 heterocycles. The molecule has 8 heteroatoms. The summed E-state index contributed by atoms with van der Waals surface area (Å²) in [5.41, 5.74) is 2.88.